The number of hydrogen-bond donors (Lipinski definition) is 1. The maximum Gasteiger partial charge on any atom is 0.417 e. The van der Waals surface area contributed by atoms with E-state index in [0.29, 0.717) is 0 Å². The van der Waals surface area contributed by atoms with Crippen molar-refractivity contribution in [2.75, 3.05) is 0 Å². The first-order chi connectivity index (χ1) is 12.9. The number of rotatable bonds is 4. The molecule has 2 amide bonds. The maximum absolute atomic E-state index is 13.2. The van der Waals surface area contributed by atoms with Crippen LogP contribution in [0.4, 0.5) is 4.79 Å². The Labute approximate surface area is 167 Å². The third-order valence-corrected chi connectivity index (χ3v) is 5.03. The maximum atomic E-state index is 13.2. The van der Waals surface area contributed by atoms with E-state index in [-0.39, 0.29) is 5.92 Å². The van der Waals surface area contributed by atoms with Crippen LogP contribution in [-0.2, 0) is 16.6 Å². The molecule has 2 N–H and O–H groups in total. The van der Waals surface area contributed by atoms with Crippen LogP contribution in [0.5, 0.6) is 0 Å². The van der Waals surface area contributed by atoms with Gasteiger partial charge in [0.15, 0.2) is 0 Å². The first-order valence-corrected chi connectivity index (χ1v) is 9.72. The summed E-state index contributed by atoms with van der Waals surface area (Å²) in [5, 5.41) is 1.09. The molecule has 1 unspecified atom stereocenters. The average molecular weight is 388 g/mol. The number of amides is 2. The van der Waals surface area contributed by atoms with Crippen LogP contribution in [0.15, 0.2) is 24.3 Å². The Morgan fingerprint density at radius 1 is 1.14 bits per heavy atom. The highest BCUT2D eigenvalue weighted by atomic mass is 16.6. The third kappa shape index (κ3) is 4.22. The summed E-state index contributed by atoms with van der Waals surface area (Å²) in [7, 11) is 1.95. The number of para-hydroxylation sites is 1. The van der Waals surface area contributed by atoms with Gasteiger partial charge in [-0.1, -0.05) is 32.0 Å². The van der Waals surface area contributed by atoms with Crippen LogP contribution in [0.3, 0.4) is 0 Å². The molecule has 0 aliphatic rings. The van der Waals surface area contributed by atoms with Gasteiger partial charge in [-0.15, -0.1) is 0 Å². The molecule has 1 aromatic heterocycles. The van der Waals surface area contributed by atoms with E-state index in [9.17, 15) is 9.59 Å². The van der Waals surface area contributed by atoms with Gasteiger partial charge in [0.05, 0.1) is 12.1 Å². The van der Waals surface area contributed by atoms with Crippen LogP contribution in [0, 0.1) is 12.8 Å². The predicted molar refractivity (Wildman–Crippen MR) is 112 cm³/mol. The van der Waals surface area contributed by atoms with E-state index in [1.54, 1.807) is 20.8 Å². The van der Waals surface area contributed by atoms with Gasteiger partial charge in [-0.05, 0) is 52.2 Å². The van der Waals surface area contributed by atoms with Gasteiger partial charge in [-0.3, -0.25) is 4.79 Å². The molecule has 0 aliphatic carbocycles. The molecular formula is C22H33N3O3. The van der Waals surface area contributed by atoms with Crippen molar-refractivity contribution in [1.82, 2.24) is 9.47 Å². The second-order valence-electron chi connectivity index (χ2n) is 8.72. The largest absolute Gasteiger partial charge is 0.443 e. The number of carbonyl (C=O) groups is 2. The van der Waals surface area contributed by atoms with Gasteiger partial charge in [0, 0.05) is 23.6 Å². The van der Waals surface area contributed by atoms with E-state index in [1.807, 2.05) is 63.6 Å². The molecule has 6 heteroatoms. The topological polar surface area (TPSA) is 77.6 Å². The van der Waals surface area contributed by atoms with Crippen molar-refractivity contribution < 1.29 is 14.3 Å². The molecule has 1 aromatic carbocycles. The molecule has 0 spiro atoms. The van der Waals surface area contributed by atoms with Gasteiger partial charge in [0.25, 0.3) is 0 Å². The van der Waals surface area contributed by atoms with E-state index >= 15 is 0 Å². The van der Waals surface area contributed by atoms with E-state index in [4.69, 9.17) is 10.5 Å². The Hall–Kier alpha value is -2.34. The lowest BCUT2D eigenvalue weighted by molar-refractivity contribution is -0.134. The normalized spacial score (nSPS) is 14.2. The lowest BCUT2D eigenvalue weighted by atomic mass is 10.0. The summed E-state index contributed by atoms with van der Waals surface area (Å²) in [6, 6.07) is 6.71. The quantitative estimate of drug-likeness (QED) is 0.849. The van der Waals surface area contributed by atoms with E-state index in [2.05, 4.69) is 0 Å². The third-order valence-electron chi connectivity index (χ3n) is 5.03. The van der Waals surface area contributed by atoms with Crippen LogP contribution in [0.1, 0.15) is 58.8 Å². The summed E-state index contributed by atoms with van der Waals surface area (Å²) < 4.78 is 7.58. The highest BCUT2D eigenvalue weighted by Gasteiger charge is 2.37. The first-order valence-electron chi connectivity index (χ1n) is 9.72. The van der Waals surface area contributed by atoms with Crippen LogP contribution in [0.25, 0.3) is 10.9 Å². The fourth-order valence-electron chi connectivity index (χ4n) is 3.51. The molecule has 1 heterocycles. The minimum Gasteiger partial charge on any atom is -0.443 e. The van der Waals surface area contributed by atoms with Crippen LogP contribution in [-0.4, -0.2) is 33.1 Å². The molecule has 28 heavy (non-hydrogen) atoms. The Morgan fingerprint density at radius 3 is 2.21 bits per heavy atom. The van der Waals surface area contributed by atoms with Gasteiger partial charge < -0.3 is 15.0 Å². The number of aryl methyl sites for hydroxylation is 2. The van der Waals surface area contributed by atoms with Crippen molar-refractivity contribution in [2.24, 2.45) is 18.7 Å². The number of fused-ring (bicyclic) bond motifs is 1. The monoisotopic (exact) mass is 387 g/mol. The molecule has 2 atom stereocenters. The molecule has 0 saturated heterocycles. The van der Waals surface area contributed by atoms with Crippen LogP contribution in [0.2, 0.25) is 0 Å². The Kier molecular flexibility index (Phi) is 6.24. The van der Waals surface area contributed by atoms with E-state index in [0.717, 1.165) is 22.2 Å². The summed E-state index contributed by atoms with van der Waals surface area (Å²) in [6.07, 6.45) is -0.675. The van der Waals surface area contributed by atoms with Crippen molar-refractivity contribution in [3.8, 4) is 0 Å². The summed E-state index contributed by atoms with van der Waals surface area (Å²) in [6.45, 7) is 12.9. The predicted octanol–water partition coefficient (Wildman–Crippen LogP) is 4.29. The van der Waals surface area contributed by atoms with Gasteiger partial charge in [0.2, 0.25) is 5.91 Å². The van der Waals surface area contributed by atoms with Crippen LogP contribution >= 0.6 is 0 Å². The van der Waals surface area contributed by atoms with Gasteiger partial charge in [0.1, 0.15) is 5.60 Å². The SMILES string of the molecule is Cc1c(C(C)N(C(=O)OC(C)(C)C)C(=O)[C@@H](N)C(C)C)n(C)c2ccccc12. The second-order valence-corrected chi connectivity index (χ2v) is 8.72. The number of benzene rings is 1. The molecular weight excluding hydrogens is 354 g/mol. The lowest BCUT2D eigenvalue weighted by Gasteiger charge is -2.33. The number of carbonyl (C=O) groups excluding carboxylic acids is 2. The lowest BCUT2D eigenvalue weighted by Crippen LogP contribution is -2.51. The Balaban J connectivity index is 2.57. The zero-order chi connectivity index (χ0) is 21.4. The number of imide groups is 1. The summed E-state index contributed by atoms with van der Waals surface area (Å²) >= 11 is 0. The minimum atomic E-state index is -0.787. The van der Waals surface area contributed by atoms with Gasteiger partial charge >= 0.3 is 6.09 Å². The second kappa shape index (κ2) is 7.95. The number of aromatic nitrogens is 1. The van der Waals surface area contributed by atoms with Crippen molar-refractivity contribution >= 4 is 22.9 Å². The summed E-state index contributed by atoms with van der Waals surface area (Å²) in [5.41, 5.74) is 8.37. The number of nitrogens with two attached hydrogens (primary N) is 1. The standard InChI is InChI=1S/C22H33N3O3/c1-13(2)18(23)20(26)25(21(27)28-22(5,6)7)15(4)19-14(3)16-11-9-10-12-17(16)24(19)8/h9-13,15,18H,23H2,1-8H3/t15?,18-/m0/s1. The Bertz CT molecular complexity index is 838. The highest BCUT2D eigenvalue weighted by Crippen LogP contribution is 2.33. The molecule has 2 aromatic rings. The van der Waals surface area contributed by atoms with E-state index in [1.165, 1.54) is 4.90 Å². The van der Waals surface area contributed by atoms with Crippen molar-refractivity contribution in [2.45, 2.75) is 66.2 Å². The molecule has 0 radical (unpaired) electrons. The number of hydrogen-bond acceptors (Lipinski definition) is 4. The number of nitrogens with zero attached hydrogens (tertiary/aromatic N) is 2. The molecule has 6 nitrogen and oxygen atoms in total. The van der Waals surface area contributed by atoms with E-state index < -0.39 is 29.7 Å². The van der Waals surface area contributed by atoms with Crippen molar-refractivity contribution in [3.05, 3.63) is 35.5 Å². The first kappa shape index (κ1) is 22.0. The molecule has 154 valence electrons. The molecule has 0 aliphatic heterocycles. The summed E-state index contributed by atoms with van der Waals surface area (Å²) in [5.74, 6) is -0.528. The smallest absolute Gasteiger partial charge is 0.417 e. The molecule has 0 bridgehead atoms. The van der Waals surface area contributed by atoms with Crippen molar-refractivity contribution in [3.63, 3.8) is 0 Å². The van der Waals surface area contributed by atoms with Gasteiger partial charge in [-0.2, -0.15) is 0 Å². The molecule has 2 rings (SSSR count). The summed E-state index contributed by atoms with van der Waals surface area (Å²) in [4.78, 5) is 27.3. The zero-order valence-corrected chi connectivity index (χ0v) is 18.2. The van der Waals surface area contributed by atoms with Gasteiger partial charge in [-0.25, -0.2) is 9.69 Å². The van der Waals surface area contributed by atoms with Crippen LogP contribution < -0.4 is 5.73 Å². The number of ether oxygens (including phenoxy) is 1. The fraction of sp³-hybridized carbons (Fsp3) is 0.545. The molecule has 0 saturated carbocycles. The van der Waals surface area contributed by atoms with Crippen molar-refractivity contribution in [1.29, 1.82) is 0 Å². The fourth-order valence-corrected chi connectivity index (χ4v) is 3.51. The minimum absolute atomic E-state index is 0.0989. The zero-order valence-electron chi connectivity index (χ0n) is 18.2. The Morgan fingerprint density at radius 2 is 1.71 bits per heavy atom. The highest BCUT2D eigenvalue weighted by molar-refractivity contribution is 5.96. The average Bonchev–Trinajstić information content (AvgIpc) is 2.83. The molecule has 0 fully saturated rings.